The summed E-state index contributed by atoms with van der Waals surface area (Å²) in [5, 5.41) is 5.02. The molecule has 2 aromatic rings. The van der Waals surface area contributed by atoms with Crippen molar-refractivity contribution >= 4 is 23.2 Å². The number of nitrogens with one attached hydrogen (secondary N) is 1. The molecule has 7 heteroatoms. The van der Waals surface area contributed by atoms with Gasteiger partial charge in [0.15, 0.2) is 0 Å². The molecular weight excluding hydrogens is 261 g/mol. The van der Waals surface area contributed by atoms with Crippen LogP contribution in [0, 0.1) is 0 Å². The van der Waals surface area contributed by atoms with Crippen molar-refractivity contribution in [1.82, 2.24) is 20.2 Å². The molecule has 17 heavy (non-hydrogen) atoms. The Balaban J connectivity index is 2.47. The second-order valence-electron chi connectivity index (χ2n) is 3.51. The molecule has 0 fully saturated rings. The number of nitrogens with two attached hydrogens (primary N) is 1. The van der Waals surface area contributed by atoms with Crippen LogP contribution in [-0.4, -0.2) is 14.8 Å². The minimum absolute atomic E-state index is 0.282. The van der Waals surface area contributed by atoms with E-state index in [-0.39, 0.29) is 6.04 Å². The van der Waals surface area contributed by atoms with Crippen molar-refractivity contribution in [3.8, 4) is 0 Å². The van der Waals surface area contributed by atoms with E-state index in [0.29, 0.717) is 10.2 Å². The normalized spacial score (nSPS) is 12.7. The van der Waals surface area contributed by atoms with Gasteiger partial charge in [0, 0.05) is 13.2 Å². The minimum atomic E-state index is -0.282. The van der Waals surface area contributed by atoms with Crippen molar-refractivity contribution in [2.75, 3.05) is 0 Å². The fourth-order valence-electron chi connectivity index (χ4n) is 1.67. The summed E-state index contributed by atoms with van der Waals surface area (Å²) >= 11 is 11.9. The third-order valence-corrected chi connectivity index (χ3v) is 2.96. The molecule has 0 aliphatic heterocycles. The highest BCUT2D eigenvalue weighted by Crippen LogP contribution is 2.27. The van der Waals surface area contributed by atoms with Crippen molar-refractivity contribution < 1.29 is 0 Å². The first-order valence-corrected chi connectivity index (χ1v) is 5.64. The number of aromatic nitrogens is 3. The third-order valence-electron chi connectivity index (χ3n) is 2.46. The molecule has 3 N–H and O–H groups in total. The maximum absolute atomic E-state index is 6.08. The van der Waals surface area contributed by atoms with Gasteiger partial charge in [-0.15, -0.1) is 0 Å². The van der Waals surface area contributed by atoms with Crippen LogP contribution in [0.1, 0.15) is 17.3 Å². The second-order valence-corrected chi connectivity index (χ2v) is 4.31. The van der Waals surface area contributed by atoms with Gasteiger partial charge in [0.25, 0.3) is 0 Å². The number of nitrogens with zero attached hydrogens (tertiary/aromatic N) is 3. The predicted molar refractivity (Wildman–Crippen MR) is 66.6 cm³/mol. The first-order chi connectivity index (χ1) is 8.13. The maximum atomic E-state index is 6.08. The number of hydrogen-bond acceptors (Lipinski definition) is 4. The van der Waals surface area contributed by atoms with Crippen molar-refractivity contribution in [2.45, 2.75) is 6.04 Å². The van der Waals surface area contributed by atoms with Crippen LogP contribution in [-0.2, 0) is 7.05 Å². The van der Waals surface area contributed by atoms with Gasteiger partial charge in [0.05, 0.1) is 23.0 Å². The van der Waals surface area contributed by atoms with Crippen LogP contribution in [0.2, 0.25) is 10.2 Å². The van der Waals surface area contributed by atoms with E-state index in [2.05, 4.69) is 15.5 Å². The van der Waals surface area contributed by atoms with E-state index < -0.39 is 0 Å². The molecule has 5 nitrogen and oxygen atoms in total. The van der Waals surface area contributed by atoms with Crippen LogP contribution < -0.4 is 11.3 Å². The summed E-state index contributed by atoms with van der Waals surface area (Å²) in [6.45, 7) is 0. The van der Waals surface area contributed by atoms with Gasteiger partial charge in [-0.2, -0.15) is 5.10 Å². The van der Waals surface area contributed by atoms with Crippen molar-refractivity contribution in [1.29, 1.82) is 0 Å². The average molecular weight is 272 g/mol. The lowest BCUT2D eigenvalue weighted by molar-refractivity contribution is 0.575. The number of halogens is 2. The molecule has 2 aromatic heterocycles. The molecule has 1 unspecified atom stereocenters. The zero-order valence-electron chi connectivity index (χ0n) is 9.06. The smallest absolute Gasteiger partial charge is 0.129 e. The Kier molecular flexibility index (Phi) is 3.63. The van der Waals surface area contributed by atoms with Gasteiger partial charge in [0.2, 0.25) is 0 Å². The zero-order chi connectivity index (χ0) is 12.4. The highest BCUT2D eigenvalue weighted by Gasteiger charge is 2.20. The Labute approximate surface area is 109 Å². The molecule has 0 radical (unpaired) electrons. The Bertz CT molecular complexity index is 506. The largest absolute Gasteiger partial charge is 0.271 e. The van der Waals surface area contributed by atoms with E-state index in [1.807, 2.05) is 6.07 Å². The van der Waals surface area contributed by atoms with E-state index in [1.54, 1.807) is 30.2 Å². The van der Waals surface area contributed by atoms with Crippen LogP contribution >= 0.6 is 23.2 Å². The topological polar surface area (TPSA) is 68.8 Å². The Morgan fingerprint density at radius 1 is 1.47 bits per heavy atom. The minimum Gasteiger partial charge on any atom is -0.271 e. The van der Waals surface area contributed by atoms with Crippen LogP contribution in [0.25, 0.3) is 0 Å². The number of hydrogen-bond donors (Lipinski definition) is 2. The van der Waals surface area contributed by atoms with Crippen LogP contribution in [0.5, 0.6) is 0 Å². The van der Waals surface area contributed by atoms with E-state index >= 15 is 0 Å². The summed E-state index contributed by atoms with van der Waals surface area (Å²) in [5.41, 5.74) is 4.35. The van der Waals surface area contributed by atoms with Crippen molar-refractivity contribution in [2.24, 2.45) is 12.9 Å². The molecule has 0 aromatic carbocycles. The Morgan fingerprint density at radius 2 is 2.24 bits per heavy atom. The first kappa shape index (κ1) is 12.3. The Morgan fingerprint density at radius 3 is 2.76 bits per heavy atom. The van der Waals surface area contributed by atoms with Gasteiger partial charge < -0.3 is 0 Å². The summed E-state index contributed by atoms with van der Waals surface area (Å²) < 4.78 is 1.67. The molecular formula is C10H11Cl2N5. The first-order valence-electron chi connectivity index (χ1n) is 4.88. The fourth-order valence-corrected chi connectivity index (χ4v) is 2.13. The SMILES string of the molecule is Cn1ncc(Cl)c1C(NN)c1ccnc(Cl)c1. The van der Waals surface area contributed by atoms with Gasteiger partial charge >= 0.3 is 0 Å². The van der Waals surface area contributed by atoms with Gasteiger partial charge in [-0.3, -0.25) is 10.5 Å². The average Bonchev–Trinajstić information content (AvgIpc) is 2.62. The number of aryl methyl sites for hydroxylation is 1. The zero-order valence-corrected chi connectivity index (χ0v) is 10.6. The van der Waals surface area contributed by atoms with Crippen LogP contribution in [0.3, 0.4) is 0 Å². The molecule has 0 saturated heterocycles. The summed E-state index contributed by atoms with van der Waals surface area (Å²) in [5.74, 6) is 5.57. The standard InChI is InChI=1S/C10H11Cl2N5/c1-17-10(7(11)5-15-17)9(16-13)6-2-3-14-8(12)4-6/h2-5,9,16H,13H2,1H3. The maximum Gasteiger partial charge on any atom is 0.129 e. The highest BCUT2D eigenvalue weighted by molar-refractivity contribution is 6.31. The van der Waals surface area contributed by atoms with Gasteiger partial charge in [-0.05, 0) is 17.7 Å². The molecule has 2 rings (SSSR count). The lowest BCUT2D eigenvalue weighted by Crippen LogP contribution is -2.30. The molecule has 1 atom stereocenters. The summed E-state index contributed by atoms with van der Waals surface area (Å²) in [6, 6.07) is 3.27. The van der Waals surface area contributed by atoms with Crippen LogP contribution in [0.4, 0.5) is 0 Å². The lowest BCUT2D eigenvalue weighted by Gasteiger charge is -2.17. The molecule has 0 bridgehead atoms. The molecule has 0 saturated carbocycles. The van der Waals surface area contributed by atoms with E-state index in [1.165, 1.54) is 0 Å². The number of rotatable bonds is 3. The van der Waals surface area contributed by atoms with Gasteiger partial charge in [-0.1, -0.05) is 23.2 Å². The number of hydrazine groups is 1. The molecule has 0 aliphatic carbocycles. The lowest BCUT2D eigenvalue weighted by atomic mass is 10.1. The van der Waals surface area contributed by atoms with Gasteiger partial charge in [-0.25, -0.2) is 10.4 Å². The fraction of sp³-hybridized carbons (Fsp3) is 0.200. The van der Waals surface area contributed by atoms with Crippen molar-refractivity contribution in [3.05, 3.63) is 46.0 Å². The van der Waals surface area contributed by atoms with Gasteiger partial charge in [0.1, 0.15) is 5.15 Å². The second kappa shape index (κ2) is 5.01. The molecule has 0 amide bonds. The Hall–Kier alpha value is -1.14. The molecule has 90 valence electrons. The molecule has 2 heterocycles. The highest BCUT2D eigenvalue weighted by atomic mass is 35.5. The third kappa shape index (κ3) is 2.42. The monoisotopic (exact) mass is 271 g/mol. The molecule has 0 spiro atoms. The van der Waals surface area contributed by atoms with E-state index in [0.717, 1.165) is 11.3 Å². The van der Waals surface area contributed by atoms with Crippen molar-refractivity contribution in [3.63, 3.8) is 0 Å². The quantitative estimate of drug-likeness (QED) is 0.506. The van der Waals surface area contributed by atoms with E-state index in [4.69, 9.17) is 29.0 Å². The summed E-state index contributed by atoms with van der Waals surface area (Å²) in [6.07, 6.45) is 3.19. The predicted octanol–water partition coefficient (Wildman–Crippen LogP) is 1.67. The van der Waals surface area contributed by atoms with E-state index in [9.17, 15) is 0 Å². The summed E-state index contributed by atoms with van der Waals surface area (Å²) in [4.78, 5) is 3.92. The van der Waals surface area contributed by atoms with Crippen LogP contribution in [0.15, 0.2) is 24.5 Å². The number of pyridine rings is 1. The molecule has 0 aliphatic rings. The summed E-state index contributed by atoms with van der Waals surface area (Å²) in [7, 11) is 1.80.